The van der Waals surface area contributed by atoms with Crippen LogP contribution in [0.4, 0.5) is 0 Å². The molecule has 1 aromatic rings. The van der Waals surface area contributed by atoms with Gasteiger partial charge in [-0.15, -0.1) is 0 Å². The van der Waals surface area contributed by atoms with Crippen molar-refractivity contribution in [1.82, 2.24) is 9.80 Å². The Labute approximate surface area is 157 Å². The Morgan fingerprint density at radius 3 is 2.35 bits per heavy atom. The van der Waals surface area contributed by atoms with E-state index in [1.807, 2.05) is 23.1 Å². The van der Waals surface area contributed by atoms with Gasteiger partial charge in [-0.2, -0.15) is 0 Å². The molecule has 2 aliphatic heterocycles. The molecule has 0 bridgehead atoms. The van der Waals surface area contributed by atoms with Crippen LogP contribution >= 0.6 is 0 Å². The minimum absolute atomic E-state index is 0.0377. The van der Waals surface area contributed by atoms with Crippen LogP contribution in [-0.4, -0.2) is 66.7 Å². The van der Waals surface area contributed by atoms with Gasteiger partial charge in [-0.1, -0.05) is 44.2 Å². The summed E-state index contributed by atoms with van der Waals surface area (Å²) in [7, 11) is 0. The van der Waals surface area contributed by atoms with Crippen molar-refractivity contribution in [2.45, 2.75) is 52.0 Å². The van der Waals surface area contributed by atoms with Crippen molar-refractivity contribution in [3.63, 3.8) is 0 Å². The number of hydrogen-bond acceptors (Lipinski definition) is 4. The van der Waals surface area contributed by atoms with Crippen LogP contribution in [0.1, 0.15) is 39.4 Å². The van der Waals surface area contributed by atoms with Crippen molar-refractivity contribution in [3.05, 3.63) is 35.9 Å². The molecular formula is C21H32N2O3. The van der Waals surface area contributed by atoms with Crippen LogP contribution in [0.2, 0.25) is 0 Å². The molecule has 0 N–H and O–H groups in total. The van der Waals surface area contributed by atoms with Crippen LogP contribution in [0, 0.1) is 5.92 Å². The molecule has 4 atom stereocenters. The number of amides is 1. The monoisotopic (exact) mass is 360 g/mol. The summed E-state index contributed by atoms with van der Waals surface area (Å²) in [5, 5.41) is 0. The van der Waals surface area contributed by atoms with E-state index in [0.717, 1.165) is 18.7 Å². The zero-order valence-electron chi connectivity index (χ0n) is 16.4. The Bertz CT molecular complexity index is 582. The highest BCUT2D eigenvalue weighted by atomic mass is 16.5. The van der Waals surface area contributed by atoms with E-state index < -0.39 is 0 Å². The predicted octanol–water partition coefficient (Wildman–Crippen LogP) is 2.72. The zero-order valence-corrected chi connectivity index (χ0v) is 16.4. The lowest BCUT2D eigenvalue weighted by Gasteiger charge is -2.43. The van der Waals surface area contributed by atoms with E-state index in [1.165, 1.54) is 0 Å². The number of rotatable bonds is 4. The van der Waals surface area contributed by atoms with Gasteiger partial charge in [0.05, 0.1) is 31.4 Å². The van der Waals surface area contributed by atoms with E-state index in [0.29, 0.717) is 19.7 Å². The standard InChI is InChI=1S/C21H32N2O3/c1-15(2)20(23-12-16(3)26-17(4)13-23)21(24)22-10-11-25-19(14-22)18-8-6-5-7-9-18/h5-9,15-17,19-20H,10-14H2,1-4H3. The Morgan fingerprint density at radius 1 is 1.08 bits per heavy atom. The third-order valence-electron chi connectivity index (χ3n) is 5.28. The van der Waals surface area contributed by atoms with Gasteiger partial charge in [0.2, 0.25) is 5.91 Å². The van der Waals surface area contributed by atoms with E-state index in [-0.39, 0.29) is 36.2 Å². The van der Waals surface area contributed by atoms with Gasteiger partial charge in [0, 0.05) is 19.6 Å². The summed E-state index contributed by atoms with van der Waals surface area (Å²) in [5.41, 5.74) is 1.14. The Morgan fingerprint density at radius 2 is 1.73 bits per heavy atom. The van der Waals surface area contributed by atoms with Crippen LogP contribution in [0.25, 0.3) is 0 Å². The fraction of sp³-hybridized carbons (Fsp3) is 0.667. The molecule has 26 heavy (non-hydrogen) atoms. The lowest BCUT2D eigenvalue weighted by Crippen LogP contribution is -2.59. The maximum absolute atomic E-state index is 13.4. The molecular weight excluding hydrogens is 328 g/mol. The number of nitrogens with zero attached hydrogens (tertiary/aromatic N) is 2. The van der Waals surface area contributed by atoms with Crippen LogP contribution in [-0.2, 0) is 14.3 Å². The quantitative estimate of drug-likeness (QED) is 0.828. The lowest BCUT2D eigenvalue weighted by molar-refractivity contribution is -0.152. The fourth-order valence-electron chi connectivity index (χ4n) is 4.21. The summed E-state index contributed by atoms with van der Waals surface area (Å²) in [5.74, 6) is 0.489. The Hall–Kier alpha value is -1.43. The molecule has 0 radical (unpaired) electrons. The van der Waals surface area contributed by atoms with Gasteiger partial charge in [-0.05, 0) is 25.3 Å². The number of benzene rings is 1. The molecule has 5 nitrogen and oxygen atoms in total. The highest BCUT2D eigenvalue weighted by Crippen LogP contribution is 2.25. The number of carbonyl (C=O) groups excluding carboxylic acids is 1. The topological polar surface area (TPSA) is 42.0 Å². The van der Waals surface area contributed by atoms with Gasteiger partial charge in [0.15, 0.2) is 0 Å². The molecule has 0 saturated carbocycles. The Balaban J connectivity index is 1.72. The van der Waals surface area contributed by atoms with Crippen molar-refractivity contribution >= 4 is 5.91 Å². The van der Waals surface area contributed by atoms with Gasteiger partial charge in [0.25, 0.3) is 0 Å². The van der Waals surface area contributed by atoms with Crippen molar-refractivity contribution < 1.29 is 14.3 Å². The molecule has 0 aromatic heterocycles. The summed E-state index contributed by atoms with van der Waals surface area (Å²) in [4.78, 5) is 17.7. The second kappa shape index (κ2) is 8.51. The van der Waals surface area contributed by atoms with E-state index in [1.54, 1.807) is 0 Å². The predicted molar refractivity (Wildman–Crippen MR) is 102 cm³/mol. The highest BCUT2D eigenvalue weighted by Gasteiger charge is 2.38. The molecule has 3 rings (SSSR count). The van der Waals surface area contributed by atoms with E-state index in [9.17, 15) is 4.79 Å². The molecule has 2 aliphatic rings. The second-order valence-electron chi connectivity index (χ2n) is 7.95. The van der Waals surface area contributed by atoms with E-state index in [4.69, 9.17) is 9.47 Å². The van der Waals surface area contributed by atoms with Crippen LogP contribution in [0.5, 0.6) is 0 Å². The van der Waals surface area contributed by atoms with E-state index >= 15 is 0 Å². The first-order chi connectivity index (χ1) is 12.5. The summed E-state index contributed by atoms with van der Waals surface area (Å²) in [6, 6.07) is 10.1. The number of ether oxygens (including phenoxy) is 2. The molecule has 1 amide bonds. The van der Waals surface area contributed by atoms with Gasteiger partial charge in [-0.3, -0.25) is 9.69 Å². The van der Waals surface area contributed by atoms with E-state index in [2.05, 4.69) is 44.7 Å². The van der Waals surface area contributed by atoms with Gasteiger partial charge >= 0.3 is 0 Å². The smallest absolute Gasteiger partial charge is 0.240 e. The molecule has 4 unspecified atom stereocenters. The lowest BCUT2D eigenvalue weighted by atomic mass is 9.98. The third kappa shape index (κ3) is 4.45. The maximum Gasteiger partial charge on any atom is 0.240 e. The second-order valence-corrected chi connectivity index (χ2v) is 7.95. The largest absolute Gasteiger partial charge is 0.373 e. The average molecular weight is 360 g/mol. The van der Waals surface area contributed by atoms with Crippen LogP contribution in [0.3, 0.4) is 0 Å². The molecule has 144 valence electrons. The molecule has 2 heterocycles. The van der Waals surface area contributed by atoms with Crippen LogP contribution < -0.4 is 0 Å². The zero-order chi connectivity index (χ0) is 18.7. The maximum atomic E-state index is 13.4. The van der Waals surface area contributed by atoms with Gasteiger partial charge in [0.1, 0.15) is 6.10 Å². The summed E-state index contributed by atoms with van der Waals surface area (Å²) >= 11 is 0. The number of morpholine rings is 2. The van der Waals surface area contributed by atoms with Gasteiger partial charge in [-0.25, -0.2) is 0 Å². The molecule has 1 aromatic carbocycles. The SMILES string of the molecule is CC1CN(C(C(=O)N2CCOC(c3ccccc3)C2)C(C)C)CC(C)O1. The van der Waals surface area contributed by atoms with Crippen LogP contribution in [0.15, 0.2) is 30.3 Å². The minimum atomic E-state index is -0.0988. The van der Waals surface area contributed by atoms with Crippen molar-refractivity contribution in [3.8, 4) is 0 Å². The van der Waals surface area contributed by atoms with Crippen molar-refractivity contribution in [2.75, 3.05) is 32.8 Å². The van der Waals surface area contributed by atoms with Crippen molar-refractivity contribution in [2.24, 2.45) is 5.92 Å². The van der Waals surface area contributed by atoms with Crippen molar-refractivity contribution in [1.29, 1.82) is 0 Å². The normalized spacial score (nSPS) is 29.0. The first-order valence-corrected chi connectivity index (χ1v) is 9.80. The molecule has 0 aliphatic carbocycles. The average Bonchev–Trinajstić information content (AvgIpc) is 2.61. The Kier molecular flexibility index (Phi) is 6.33. The third-order valence-corrected chi connectivity index (χ3v) is 5.28. The fourth-order valence-corrected chi connectivity index (χ4v) is 4.21. The number of hydrogen-bond donors (Lipinski definition) is 0. The number of carbonyl (C=O) groups is 1. The minimum Gasteiger partial charge on any atom is -0.373 e. The molecule has 2 fully saturated rings. The summed E-state index contributed by atoms with van der Waals surface area (Å²) in [6.07, 6.45) is 0.286. The molecule has 0 spiro atoms. The molecule has 2 saturated heterocycles. The first kappa shape index (κ1) is 19.3. The highest BCUT2D eigenvalue weighted by molar-refractivity contribution is 5.82. The summed E-state index contributed by atoms with van der Waals surface area (Å²) in [6.45, 7) is 12.0. The molecule has 5 heteroatoms. The van der Waals surface area contributed by atoms with Gasteiger partial charge < -0.3 is 14.4 Å². The summed E-state index contributed by atoms with van der Waals surface area (Å²) < 4.78 is 11.8. The first-order valence-electron chi connectivity index (χ1n) is 9.80.